The highest BCUT2D eigenvalue weighted by Crippen LogP contribution is 2.29. The highest BCUT2D eigenvalue weighted by atomic mass is 32.2. The van der Waals surface area contributed by atoms with Crippen molar-refractivity contribution < 1.29 is 17.6 Å². The van der Waals surface area contributed by atoms with E-state index in [0.29, 0.717) is 30.2 Å². The van der Waals surface area contributed by atoms with Crippen molar-refractivity contribution in [3.8, 4) is 5.69 Å². The zero-order chi connectivity index (χ0) is 24.6. The van der Waals surface area contributed by atoms with Gasteiger partial charge in [-0.3, -0.25) is 4.79 Å². The molecular weight excluding hydrogens is 469 g/mol. The summed E-state index contributed by atoms with van der Waals surface area (Å²) in [6, 6.07) is 12.3. The van der Waals surface area contributed by atoms with Gasteiger partial charge in [0.25, 0.3) is 5.91 Å². The first-order chi connectivity index (χ1) is 16.9. The molecule has 0 spiro atoms. The lowest BCUT2D eigenvalue weighted by molar-refractivity contribution is 0.102. The maximum atomic E-state index is 13.4. The van der Waals surface area contributed by atoms with E-state index < -0.39 is 10.0 Å². The Morgan fingerprint density at radius 1 is 1.00 bits per heavy atom. The lowest BCUT2D eigenvalue weighted by atomic mass is 10.2. The fraction of sp³-hybridized carbons (Fsp3) is 0.360. The Hall–Kier alpha value is -3.08. The van der Waals surface area contributed by atoms with Crippen LogP contribution in [0.2, 0.25) is 0 Å². The molecule has 8 nitrogen and oxygen atoms in total. The van der Waals surface area contributed by atoms with Gasteiger partial charge in [0.15, 0.2) is 5.69 Å². The van der Waals surface area contributed by atoms with Gasteiger partial charge in [0.05, 0.1) is 10.6 Å². The number of hydrogen-bond donors (Lipinski definition) is 1. The van der Waals surface area contributed by atoms with Crippen LogP contribution < -0.4 is 5.32 Å². The van der Waals surface area contributed by atoms with E-state index in [0.717, 1.165) is 50.2 Å². The number of fused-ring (bicyclic) bond motifs is 1. The fourth-order valence-electron chi connectivity index (χ4n) is 4.75. The summed E-state index contributed by atoms with van der Waals surface area (Å²) in [5.74, 6) is -0.681. The number of rotatable bonds is 6. The molecule has 0 unspecified atom stereocenters. The van der Waals surface area contributed by atoms with Gasteiger partial charge in [0.1, 0.15) is 5.82 Å². The van der Waals surface area contributed by atoms with Crippen LogP contribution in [0.4, 0.5) is 10.1 Å². The second kappa shape index (κ2) is 9.52. The molecule has 3 aromatic rings. The summed E-state index contributed by atoms with van der Waals surface area (Å²) >= 11 is 0. The van der Waals surface area contributed by atoms with Crippen LogP contribution in [0.5, 0.6) is 0 Å². The Morgan fingerprint density at radius 3 is 2.34 bits per heavy atom. The van der Waals surface area contributed by atoms with Crippen molar-refractivity contribution in [2.45, 2.75) is 31.1 Å². The van der Waals surface area contributed by atoms with Crippen LogP contribution in [0.3, 0.4) is 0 Å². The maximum Gasteiger partial charge on any atom is 0.276 e. The molecule has 0 atom stereocenters. The third-order valence-electron chi connectivity index (χ3n) is 6.74. The number of aromatic nitrogens is 2. The molecule has 1 saturated heterocycles. The maximum absolute atomic E-state index is 13.4. The van der Waals surface area contributed by atoms with E-state index >= 15 is 0 Å². The molecule has 2 aromatic carbocycles. The van der Waals surface area contributed by atoms with Gasteiger partial charge in [-0.05, 0) is 74.3 Å². The van der Waals surface area contributed by atoms with E-state index in [-0.39, 0.29) is 16.6 Å². The summed E-state index contributed by atoms with van der Waals surface area (Å²) in [7, 11) is -3.58. The predicted octanol–water partition coefficient (Wildman–Crippen LogP) is 3.08. The van der Waals surface area contributed by atoms with E-state index in [9.17, 15) is 17.6 Å². The first-order valence-electron chi connectivity index (χ1n) is 11.9. The van der Waals surface area contributed by atoms with Gasteiger partial charge < -0.3 is 10.2 Å². The van der Waals surface area contributed by atoms with Crippen molar-refractivity contribution in [2.75, 3.05) is 38.0 Å². The van der Waals surface area contributed by atoms with Crippen molar-refractivity contribution in [3.05, 3.63) is 71.3 Å². The van der Waals surface area contributed by atoms with Gasteiger partial charge in [0, 0.05) is 43.1 Å². The first kappa shape index (κ1) is 23.7. The minimum absolute atomic E-state index is 0.210. The number of benzene rings is 2. The number of likely N-dealkylation sites (N-methyl/N-ethyl adjacent to an activating group) is 1. The van der Waals surface area contributed by atoms with E-state index in [1.807, 2.05) is 0 Å². The van der Waals surface area contributed by atoms with Gasteiger partial charge in [-0.25, -0.2) is 17.5 Å². The number of sulfonamides is 1. The molecule has 10 heteroatoms. The Balaban J connectivity index is 1.32. The molecule has 184 valence electrons. The van der Waals surface area contributed by atoms with Crippen LogP contribution >= 0.6 is 0 Å². The number of piperazine rings is 1. The number of hydrogen-bond acceptors (Lipinski definition) is 5. The number of carbonyl (C=O) groups excluding carboxylic acids is 1. The quantitative estimate of drug-likeness (QED) is 0.566. The van der Waals surface area contributed by atoms with Crippen molar-refractivity contribution in [3.63, 3.8) is 0 Å². The highest BCUT2D eigenvalue weighted by Gasteiger charge is 2.29. The summed E-state index contributed by atoms with van der Waals surface area (Å²) < 4.78 is 42.6. The molecule has 1 aromatic heterocycles. The summed E-state index contributed by atoms with van der Waals surface area (Å²) in [6.07, 6.45) is 2.47. The lowest BCUT2D eigenvalue weighted by Crippen LogP contribution is -2.48. The topological polar surface area (TPSA) is 87.5 Å². The van der Waals surface area contributed by atoms with Gasteiger partial charge in [-0.2, -0.15) is 9.40 Å². The average molecular weight is 498 g/mol. The molecule has 0 radical (unpaired) electrons. The molecule has 0 saturated carbocycles. The molecule has 2 aliphatic rings. The van der Waals surface area contributed by atoms with Gasteiger partial charge in [-0.15, -0.1) is 0 Å². The number of amides is 1. The van der Waals surface area contributed by atoms with Crippen LogP contribution in [-0.4, -0.2) is 66.0 Å². The second-order valence-corrected chi connectivity index (χ2v) is 10.8. The SMILES string of the molecule is CCN1CCN(S(=O)(=O)c2ccc(NC(=O)c3nn(-c4ccc(F)cc4)c4c3CCC4)cc2)CC1. The van der Waals surface area contributed by atoms with E-state index in [1.54, 1.807) is 28.9 Å². The Kier molecular flexibility index (Phi) is 6.43. The van der Waals surface area contributed by atoms with Gasteiger partial charge in [-0.1, -0.05) is 6.92 Å². The second-order valence-electron chi connectivity index (χ2n) is 8.83. The largest absolute Gasteiger partial charge is 0.321 e. The third-order valence-corrected chi connectivity index (χ3v) is 8.66. The lowest BCUT2D eigenvalue weighted by Gasteiger charge is -2.33. The van der Waals surface area contributed by atoms with E-state index in [4.69, 9.17) is 0 Å². The average Bonchev–Trinajstić information content (AvgIpc) is 3.48. The zero-order valence-corrected chi connectivity index (χ0v) is 20.4. The van der Waals surface area contributed by atoms with Crippen LogP contribution in [0.25, 0.3) is 5.69 Å². The summed E-state index contributed by atoms with van der Waals surface area (Å²) in [5.41, 5.74) is 3.40. The van der Waals surface area contributed by atoms with Gasteiger partial charge >= 0.3 is 0 Å². The molecule has 2 heterocycles. The fourth-order valence-corrected chi connectivity index (χ4v) is 6.17. The van der Waals surface area contributed by atoms with Crippen LogP contribution in [0.1, 0.15) is 35.1 Å². The standard InChI is InChI=1S/C25H28FN5O3S/c1-2-29-14-16-30(17-15-29)35(33,34)21-12-8-19(9-13-21)27-25(32)24-22-4-3-5-23(22)31(28-24)20-10-6-18(26)7-11-20/h6-13H,2-5,14-17H2,1H3,(H,27,32). The number of halogens is 1. The van der Waals surface area contributed by atoms with Crippen LogP contribution in [-0.2, 0) is 22.9 Å². The Bertz CT molecular complexity index is 1330. The third kappa shape index (κ3) is 4.61. The number of carbonyl (C=O) groups is 1. The van der Waals surface area contributed by atoms with Crippen molar-refractivity contribution in [1.29, 1.82) is 0 Å². The van der Waals surface area contributed by atoms with Crippen LogP contribution in [0, 0.1) is 5.82 Å². The molecule has 5 rings (SSSR count). The molecule has 1 amide bonds. The number of nitrogens with zero attached hydrogens (tertiary/aromatic N) is 4. The normalized spacial score (nSPS) is 16.9. The van der Waals surface area contributed by atoms with Gasteiger partial charge in [0.2, 0.25) is 10.0 Å². The number of anilines is 1. The highest BCUT2D eigenvalue weighted by molar-refractivity contribution is 7.89. The van der Waals surface area contributed by atoms with Crippen molar-refractivity contribution in [2.24, 2.45) is 0 Å². The molecular formula is C25H28FN5O3S. The Morgan fingerprint density at radius 2 is 1.69 bits per heavy atom. The minimum atomic E-state index is -3.58. The molecule has 35 heavy (non-hydrogen) atoms. The van der Waals surface area contributed by atoms with Crippen molar-refractivity contribution in [1.82, 2.24) is 19.0 Å². The number of nitrogens with one attached hydrogen (secondary N) is 1. The van der Waals surface area contributed by atoms with Crippen LogP contribution in [0.15, 0.2) is 53.4 Å². The molecule has 1 aliphatic carbocycles. The summed E-state index contributed by atoms with van der Waals surface area (Å²) in [4.78, 5) is 15.5. The molecule has 1 aliphatic heterocycles. The first-order valence-corrected chi connectivity index (χ1v) is 13.3. The summed E-state index contributed by atoms with van der Waals surface area (Å²) in [5, 5.41) is 7.38. The molecule has 1 N–H and O–H groups in total. The Labute approximate surface area is 204 Å². The van der Waals surface area contributed by atoms with Crippen molar-refractivity contribution >= 4 is 21.6 Å². The molecule has 0 bridgehead atoms. The predicted molar refractivity (Wildman–Crippen MR) is 131 cm³/mol. The van der Waals surface area contributed by atoms with E-state index in [2.05, 4.69) is 22.2 Å². The monoisotopic (exact) mass is 497 g/mol. The van der Waals surface area contributed by atoms with E-state index in [1.165, 1.54) is 28.6 Å². The molecule has 1 fully saturated rings. The smallest absolute Gasteiger partial charge is 0.276 e. The minimum Gasteiger partial charge on any atom is -0.321 e. The summed E-state index contributed by atoms with van der Waals surface area (Å²) in [6.45, 7) is 5.36. The zero-order valence-electron chi connectivity index (χ0n) is 19.6.